The molecule has 0 aliphatic heterocycles. The van der Waals surface area contributed by atoms with E-state index in [1.165, 1.54) is 0 Å². The maximum Gasteiger partial charge on any atom is 0.241 e. The van der Waals surface area contributed by atoms with Gasteiger partial charge in [0.15, 0.2) is 0 Å². The first kappa shape index (κ1) is 15.2. The Bertz CT molecular complexity index is 702. The Morgan fingerprint density at radius 2 is 1.60 bits per heavy atom. The van der Waals surface area contributed by atoms with Crippen molar-refractivity contribution in [3.63, 3.8) is 0 Å². The minimum absolute atomic E-state index is 0.187. The Morgan fingerprint density at radius 3 is 2.25 bits per heavy atom. The summed E-state index contributed by atoms with van der Waals surface area (Å²) in [6.45, 7) is 0.411. The second-order valence-electron chi connectivity index (χ2n) is 4.23. The highest BCUT2D eigenvalue weighted by atomic mass is 79.9. The number of hydrogen-bond donors (Lipinski definition) is 2. The molecule has 6 heteroatoms. The molecule has 2 aromatic carbocycles. The van der Waals surface area contributed by atoms with E-state index in [0.29, 0.717) is 5.56 Å². The summed E-state index contributed by atoms with van der Waals surface area (Å²) < 4.78 is 28.1. The molecule has 0 saturated carbocycles. The molecule has 0 aliphatic rings. The van der Waals surface area contributed by atoms with Gasteiger partial charge in [0.05, 0.1) is 4.90 Å². The number of halogens is 1. The third-order valence-electron chi connectivity index (χ3n) is 2.89. The van der Waals surface area contributed by atoms with Crippen LogP contribution in [0.15, 0.2) is 57.9 Å². The summed E-state index contributed by atoms with van der Waals surface area (Å²) in [7, 11) is -3.57. The highest BCUT2D eigenvalue weighted by Crippen LogP contribution is 2.18. The fourth-order valence-corrected chi connectivity index (χ4v) is 3.51. The third kappa shape index (κ3) is 3.46. The van der Waals surface area contributed by atoms with E-state index in [-0.39, 0.29) is 18.0 Å². The molecule has 0 fully saturated rings. The van der Waals surface area contributed by atoms with Gasteiger partial charge in [0.25, 0.3) is 0 Å². The van der Waals surface area contributed by atoms with E-state index in [2.05, 4.69) is 20.7 Å². The Labute approximate surface area is 127 Å². The molecule has 0 aromatic heterocycles. The molecule has 0 unspecified atom stereocenters. The second-order valence-corrected chi connectivity index (χ2v) is 6.82. The molecule has 2 rings (SSSR count). The van der Waals surface area contributed by atoms with E-state index in [9.17, 15) is 8.42 Å². The molecule has 2 aromatic rings. The summed E-state index contributed by atoms with van der Waals surface area (Å²) in [5.41, 5.74) is 7.06. The standard InChI is InChI=1S/C14H15BrN2O2S/c15-13-7-3-1-6-12(13)10-17-20(18,19)14-8-4-2-5-11(14)9-16/h1-8,17H,9-10,16H2. The van der Waals surface area contributed by atoms with Crippen molar-refractivity contribution >= 4 is 26.0 Å². The van der Waals surface area contributed by atoms with Crippen molar-refractivity contribution in [2.75, 3.05) is 0 Å². The number of hydrogen-bond acceptors (Lipinski definition) is 3. The van der Waals surface area contributed by atoms with Gasteiger partial charge in [-0.2, -0.15) is 0 Å². The van der Waals surface area contributed by atoms with Crippen LogP contribution in [0.25, 0.3) is 0 Å². The lowest BCUT2D eigenvalue weighted by atomic mass is 10.2. The number of benzene rings is 2. The molecule has 0 bridgehead atoms. The molecule has 3 N–H and O–H groups in total. The normalized spacial score (nSPS) is 11.5. The zero-order valence-corrected chi connectivity index (χ0v) is 13.1. The Balaban J connectivity index is 2.22. The summed E-state index contributed by atoms with van der Waals surface area (Å²) in [5.74, 6) is 0. The van der Waals surface area contributed by atoms with E-state index in [1.54, 1.807) is 24.3 Å². The molecule has 0 amide bonds. The van der Waals surface area contributed by atoms with Crippen molar-refractivity contribution in [2.45, 2.75) is 18.0 Å². The number of sulfonamides is 1. The molecule has 0 heterocycles. The van der Waals surface area contributed by atoms with Gasteiger partial charge in [0.2, 0.25) is 10.0 Å². The van der Waals surface area contributed by atoms with Crippen LogP contribution in [0.3, 0.4) is 0 Å². The van der Waals surface area contributed by atoms with Gasteiger partial charge in [-0.3, -0.25) is 0 Å². The molecule has 0 aliphatic carbocycles. The molecule has 20 heavy (non-hydrogen) atoms. The van der Waals surface area contributed by atoms with Crippen LogP contribution in [0.2, 0.25) is 0 Å². The molecule has 0 spiro atoms. The molecular weight excluding hydrogens is 340 g/mol. The summed E-state index contributed by atoms with van der Waals surface area (Å²) in [4.78, 5) is 0.231. The van der Waals surface area contributed by atoms with E-state index in [1.807, 2.05) is 24.3 Å². The summed E-state index contributed by atoms with van der Waals surface area (Å²) >= 11 is 3.39. The maximum atomic E-state index is 12.3. The van der Waals surface area contributed by atoms with Crippen LogP contribution in [0.5, 0.6) is 0 Å². The predicted octanol–water partition coefficient (Wildman–Crippen LogP) is 2.39. The smallest absolute Gasteiger partial charge is 0.241 e. The van der Waals surface area contributed by atoms with E-state index < -0.39 is 10.0 Å². The SMILES string of the molecule is NCc1ccccc1S(=O)(=O)NCc1ccccc1Br. The monoisotopic (exact) mass is 354 g/mol. The average Bonchev–Trinajstić information content (AvgIpc) is 2.46. The van der Waals surface area contributed by atoms with Gasteiger partial charge in [-0.1, -0.05) is 52.3 Å². The van der Waals surface area contributed by atoms with Crippen molar-refractivity contribution in [3.8, 4) is 0 Å². The van der Waals surface area contributed by atoms with Crippen molar-refractivity contribution in [2.24, 2.45) is 5.73 Å². The summed E-state index contributed by atoms with van der Waals surface area (Å²) in [6, 6.07) is 14.2. The Kier molecular flexibility index (Phi) is 4.93. The van der Waals surface area contributed by atoms with E-state index in [0.717, 1.165) is 10.0 Å². The van der Waals surface area contributed by atoms with E-state index >= 15 is 0 Å². The van der Waals surface area contributed by atoms with Crippen molar-refractivity contribution in [1.82, 2.24) is 4.72 Å². The predicted molar refractivity (Wildman–Crippen MR) is 82.5 cm³/mol. The lowest BCUT2D eigenvalue weighted by molar-refractivity contribution is 0.580. The largest absolute Gasteiger partial charge is 0.326 e. The van der Waals surface area contributed by atoms with Gasteiger partial charge in [-0.15, -0.1) is 0 Å². The van der Waals surface area contributed by atoms with Crippen LogP contribution < -0.4 is 10.5 Å². The van der Waals surface area contributed by atoms with Crippen LogP contribution in [-0.4, -0.2) is 8.42 Å². The van der Waals surface area contributed by atoms with Crippen LogP contribution in [-0.2, 0) is 23.1 Å². The molecule has 0 atom stereocenters. The molecule has 0 radical (unpaired) electrons. The minimum Gasteiger partial charge on any atom is -0.326 e. The summed E-state index contributed by atoms with van der Waals surface area (Å²) in [6.07, 6.45) is 0. The lowest BCUT2D eigenvalue weighted by Gasteiger charge is -2.11. The minimum atomic E-state index is -3.57. The second kappa shape index (κ2) is 6.49. The maximum absolute atomic E-state index is 12.3. The Hall–Kier alpha value is -1.21. The summed E-state index contributed by atoms with van der Waals surface area (Å²) in [5, 5.41) is 0. The quantitative estimate of drug-likeness (QED) is 0.865. The fourth-order valence-electron chi connectivity index (χ4n) is 1.83. The van der Waals surface area contributed by atoms with Gasteiger partial charge < -0.3 is 5.73 Å². The van der Waals surface area contributed by atoms with Crippen molar-refractivity contribution in [1.29, 1.82) is 0 Å². The van der Waals surface area contributed by atoms with Crippen LogP contribution in [0.1, 0.15) is 11.1 Å². The van der Waals surface area contributed by atoms with Gasteiger partial charge in [0, 0.05) is 17.6 Å². The van der Waals surface area contributed by atoms with Gasteiger partial charge in [0.1, 0.15) is 0 Å². The zero-order chi connectivity index (χ0) is 14.6. The van der Waals surface area contributed by atoms with Gasteiger partial charge >= 0.3 is 0 Å². The fraction of sp³-hybridized carbons (Fsp3) is 0.143. The van der Waals surface area contributed by atoms with E-state index in [4.69, 9.17) is 5.73 Å². The molecule has 4 nitrogen and oxygen atoms in total. The molecular formula is C14H15BrN2O2S. The first-order valence-electron chi connectivity index (χ1n) is 6.05. The highest BCUT2D eigenvalue weighted by molar-refractivity contribution is 9.10. The third-order valence-corrected chi connectivity index (χ3v) is 5.17. The van der Waals surface area contributed by atoms with Crippen molar-refractivity contribution < 1.29 is 8.42 Å². The number of rotatable bonds is 5. The lowest BCUT2D eigenvalue weighted by Crippen LogP contribution is -2.25. The van der Waals surface area contributed by atoms with Crippen molar-refractivity contribution in [3.05, 3.63) is 64.1 Å². The zero-order valence-electron chi connectivity index (χ0n) is 10.7. The molecule has 0 saturated heterocycles. The van der Waals surface area contributed by atoms with Crippen LogP contribution in [0.4, 0.5) is 0 Å². The van der Waals surface area contributed by atoms with Crippen LogP contribution in [0, 0.1) is 0 Å². The van der Waals surface area contributed by atoms with Crippen LogP contribution >= 0.6 is 15.9 Å². The van der Waals surface area contributed by atoms with Gasteiger partial charge in [-0.05, 0) is 23.3 Å². The highest BCUT2D eigenvalue weighted by Gasteiger charge is 2.17. The molecule has 106 valence electrons. The number of nitrogens with one attached hydrogen (secondary N) is 1. The average molecular weight is 355 g/mol. The Morgan fingerprint density at radius 1 is 1.00 bits per heavy atom. The number of nitrogens with two attached hydrogens (primary N) is 1. The topological polar surface area (TPSA) is 72.2 Å². The van der Waals surface area contributed by atoms with Gasteiger partial charge in [-0.25, -0.2) is 13.1 Å². The first-order chi connectivity index (χ1) is 9.54. The first-order valence-corrected chi connectivity index (χ1v) is 8.33.